The second-order valence-electron chi connectivity index (χ2n) is 4.54. The number of rotatable bonds is 3. The first-order chi connectivity index (χ1) is 9.79. The Morgan fingerprint density at radius 2 is 1.76 bits per heavy atom. The molecule has 0 aliphatic rings. The lowest BCUT2D eigenvalue weighted by molar-refractivity contribution is -0.139. The molecule has 1 nitrogen and oxygen atoms in total. The highest BCUT2D eigenvalue weighted by Gasteiger charge is 2.34. The Labute approximate surface area is 127 Å². The molecule has 2 aromatic carbocycles. The zero-order valence-electron chi connectivity index (χ0n) is 10.7. The van der Waals surface area contributed by atoms with Crippen molar-refractivity contribution in [3.63, 3.8) is 0 Å². The van der Waals surface area contributed by atoms with Gasteiger partial charge in [0.25, 0.3) is 0 Å². The maximum Gasteiger partial charge on any atom is 0.416 e. The van der Waals surface area contributed by atoms with Gasteiger partial charge in [0.05, 0.1) is 11.7 Å². The molecule has 1 unspecified atom stereocenters. The molecule has 0 heterocycles. The molecule has 2 rings (SSSR count). The van der Waals surface area contributed by atoms with Gasteiger partial charge in [-0.05, 0) is 29.3 Å². The third-order valence-corrected chi connectivity index (χ3v) is 3.55. The summed E-state index contributed by atoms with van der Waals surface area (Å²) in [5, 5.41) is 10.0. The van der Waals surface area contributed by atoms with Crippen LogP contribution in [0.25, 0.3) is 0 Å². The average Bonchev–Trinajstić information content (AvgIpc) is 2.41. The fourth-order valence-electron chi connectivity index (χ4n) is 2.05. The molecule has 2 aromatic rings. The molecule has 0 fully saturated rings. The van der Waals surface area contributed by atoms with E-state index in [1.165, 1.54) is 30.3 Å². The molecule has 0 saturated carbocycles. The number of hydrogen-bond acceptors (Lipinski definition) is 1. The SMILES string of the molecule is OC(Cc1ccc(Br)cc1F)c1ccccc1C(F)(F)F. The van der Waals surface area contributed by atoms with Gasteiger partial charge < -0.3 is 5.11 Å². The van der Waals surface area contributed by atoms with Crippen LogP contribution in [0.2, 0.25) is 0 Å². The van der Waals surface area contributed by atoms with Crippen LogP contribution in [0, 0.1) is 5.82 Å². The van der Waals surface area contributed by atoms with Gasteiger partial charge in [-0.1, -0.05) is 40.2 Å². The molecule has 0 bridgehead atoms. The molecule has 0 aliphatic heterocycles. The molecular weight excluding hydrogens is 352 g/mol. The van der Waals surface area contributed by atoms with Crippen molar-refractivity contribution in [1.82, 2.24) is 0 Å². The van der Waals surface area contributed by atoms with E-state index in [1.807, 2.05) is 0 Å². The van der Waals surface area contributed by atoms with Gasteiger partial charge in [-0.15, -0.1) is 0 Å². The third-order valence-electron chi connectivity index (χ3n) is 3.05. The number of aliphatic hydroxyl groups excluding tert-OH is 1. The van der Waals surface area contributed by atoms with Crippen molar-refractivity contribution in [2.45, 2.75) is 18.7 Å². The summed E-state index contributed by atoms with van der Waals surface area (Å²) in [7, 11) is 0. The standard InChI is InChI=1S/C15H11BrF4O/c16-10-6-5-9(13(17)8-10)7-14(21)11-3-1-2-4-12(11)15(18,19)20/h1-6,8,14,21H,7H2. The summed E-state index contributed by atoms with van der Waals surface area (Å²) in [6.45, 7) is 0. The quantitative estimate of drug-likeness (QED) is 0.771. The minimum atomic E-state index is -4.56. The van der Waals surface area contributed by atoms with Crippen LogP contribution in [0.5, 0.6) is 0 Å². The summed E-state index contributed by atoms with van der Waals surface area (Å²) in [5.41, 5.74) is -1.01. The summed E-state index contributed by atoms with van der Waals surface area (Å²) in [5.74, 6) is -0.576. The van der Waals surface area contributed by atoms with Gasteiger partial charge in [-0.3, -0.25) is 0 Å². The van der Waals surface area contributed by atoms with Crippen LogP contribution in [-0.2, 0) is 12.6 Å². The van der Waals surface area contributed by atoms with E-state index >= 15 is 0 Å². The summed E-state index contributed by atoms with van der Waals surface area (Å²) in [6, 6.07) is 8.96. The number of alkyl halides is 3. The normalized spacial score (nSPS) is 13.2. The Morgan fingerprint density at radius 1 is 1.10 bits per heavy atom. The first-order valence-corrected chi connectivity index (χ1v) is 6.86. The number of halogens is 5. The topological polar surface area (TPSA) is 20.2 Å². The molecule has 1 atom stereocenters. The van der Waals surface area contributed by atoms with E-state index in [9.17, 15) is 22.7 Å². The number of aliphatic hydroxyl groups is 1. The van der Waals surface area contributed by atoms with Crippen molar-refractivity contribution >= 4 is 15.9 Å². The zero-order chi connectivity index (χ0) is 15.6. The number of hydrogen-bond donors (Lipinski definition) is 1. The highest BCUT2D eigenvalue weighted by molar-refractivity contribution is 9.10. The lowest BCUT2D eigenvalue weighted by atomic mass is 9.96. The van der Waals surface area contributed by atoms with Crippen molar-refractivity contribution in [3.8, 4) is 0 Å². The van der Waals surface area contributed by atoms with Crippen LogP contribution in [0.1, 0.15) is 22.8 Å². The average molecular weight is 363 g/mol. The van der Waals surface area contributed by atoms with Crippen LogP contribution in [-0.4, -0.2) is 5.11 Å². The highest BCUT2D eigenvalue weighted by atomic mass is 79.9. The van der Waals surface area contributed by atoms with E-state index in [-0.39, 0.29) is 17.5 Å². The zero-order valence-corrected chi connectivity index (χ0v) is 12.2. The second kappa shape index (κ2) is 6.15. The first kappa shape index (κ1) is 16.0. The lowest BCUT2D eigenvalue weighted by Gasteiger charge is -2.17. The largest absolute Gasteiger partial charge is 0.416 e. The second-order valence-corrected chi connectivity index (χ2v) is 5.46. The summed E-state index contributed by atoms with van der Waals surface area (Å²) in [4.78, 5) is 0. The van der Waals surface area contributed by atoms with Crippen LogP contribution in [0.15, 0.2) is 46.9 Å². The van der Waals surface area contributed by atoms with Crippen LogP contribution in [0.4, 0.5) is 17.6 Å². The molecule has 21 heavy (non-hydrogen) atoms. The molecule has 112 valence electrons. The Morgan fingerprint density at radius 3 is 2.38 bits per heavy atom. The van der Waals surface area contributed by atoms with Crippen molar-refractivity contribution in [3.05, 3.63) is 69.4 Å². The summed E-state index contributed by atoms with van der Waals surface area (Å²) in [6.07, 6.45) is -6.22. The Bertz CT molecular complexity index is 640. The molecular formula is C15H11BrF4O. The van der Waals surface area contributed by atoms with E-state index in [0.717, 1.165) is 6.07 Å². The fourth-order valence-corrected chi connectivity index (χ4v) is 2.38. The van der Waals surface area contributed by atoms with E-state index in [4.69, 9.17) is 0 Å². The molecule has 0 aromatic heterocycles. The van der Waals surface area contributed by atoms with Gasteiger partial charge in [0.15, 0.2) is 0 Å². The molecule has 6 heteroatoms. The Kier molecular flexibility index (Phi) is 4.68. The predicted molar refractivity (Wildman–Crippen MR) is 74.2 cm³/mol. The summed E-state index contributed by atoms with van der Waals surface area (Å²) < 4.78 is 52.9. The molecule has 0 radical (unpaired) electrons. The van der Waals surface area contributed by atoms with Gasteiger partial charge >= 0.3 is 6.18 Å². The molecule has 0 spiro atoms. The minimum absolute atomic E-state index is 0.155. The van der Waals surface area contributed by atoms with Crippen molar-refractivity contribution in [1.29, 1.82) is 0 Å². The highest BCUT2D eigenvalue weighted by Crippen LogP contribution is 2.35. The molecule has 0 amide bonds. The van der Waals surface area contributed by atoms with Gasteiger partial charge in [-0.25, -0.2) is 4.39 Å². The minimum Gasteiger partial charge on any atom is -0.388 e. The van der Waals surface area contributed by atoms with Crippen molar-refractivity contribution in [2.75, 3.05) is 0 Å². The van der Waals surface area contributed by atoms with Crippen molar-refractivity contribution in [2.24, 2.45) is 0 Å². The van der Waals surface area contributed by atoms with Gasteiger partial charge in [0.1, 0.15) is 5.82 Å². The first-order valence-electron chi connectivity index (χ1n) is 6.07. The van der Waals surface area contributed by atoms with Gasteiger partial charge in [0, 0.05) is 10.9 Å². The maximum atomic E-state index is 13.7. The lowest BCUT2D eigenvalue weighted by Crippen LogP contribution is -2.13. The third kappa shape index (κ3) is 3.83. The van der Waals surface area contributed by atoms with E-state index < -0.39 is 23.7 Å². The van der Waals surface area contributed by atoms with E-state index in [0.29, 0.717) is 4.47 Å². The smallest absolute Gasteiger partial charge is 0.388 e. The Balaban J connectivity index is 2.31. The molecule has 0 saturated heterocycles. The van der Waals surface area contributed by atoms with Crippen LogP contribution >= 0.6 is 15.9 Å². The Hall–Kier alpha value is -1.40. The van der Waals surface area contributed by atoms with Gasteiger partial charge in [0.2, 0.25) is 0 Å². The van der Waals surface area contributed by atoms with Crippen LogP contribution < -0.4 is 0 Å². The van der Waals surface area contributed by atoms with Gasteiger partial charge in [-0.2, -0.15) is 13.2 Å². The molecule has 1 N–H and O–H groups in total. The monoisotopic (exact) mass is 362 g/mol. The van der Waals surface area contributed by atoms with Crippen LogP contribution in [0.3, 0.4) is 0 Å². The molecule has 0 aliphatic carbocycles. The fraction of sp³-hybridized carbons (Fsp3) is 0.200. The van der Waals surface area contributed by atoms with Crippen molar-refractivity contribution < 1.29 is 22.7 Å². The van der Waals surface area contributed by atoms with E-state index in [1.54, 1.807) is 6.07 Å². The van der Waals surface area contributed by atoms with E-state index in [2.05, 4.69) is 15.9 Å². The summed E-state index contributed by atoms with van der Waals surface area (Å²) >= 11 is 3.09. The maximum absolute atomic E-state index is 13.7. The predicted octanol–water partition coefficient (Wildman–Crippen LogP) is 4.88. The number of benzene rings is 2.